The molecule has 1 aliphatic rings. The molecule has 1 saturated heterocycles. The van der Waals surface area contributed by atoms with Gasteiger partial charge in [-0.05, 0) is 29.7 Å². The zero-order valence-corrected chi connectivity index (χ0v) is 10.6. The van der Waals surface area contributed by atoms with Crippen molar-refractivity contribution in [1.29, 1.82) is 0 Å². The molecule has 0 N–H and O–H groups in total. The summed E-state index contributed by atoms with van der Waals surface area (Å²) in [5.74, 6) is 1.45. The first-order valence-electron chi connectivity index (χ1n) is 5.20. The minimum absolute atomic E-state index is 0.314. The predicted octanol–water partition coefficient (Wildman–Crippen LogP) is 3.35. The monoisotopic (exact) mass is 270 g/mol. The van der Waals surface area contributed by atoms with E-state index in [-0.39, 0.29) is 0 Å². The Bertz CT molecular complexity index is 345. The summed E-state index contributed by atoms with van der Waals surface area (Å²) >= 11 is 3.48. The maximum absolute atomic E-state index is 5.73. The molecule has 1 fully saturated rings. The number of epoxide rings is 1. The number of benzene rings is 1. The van der Waals surface area contributed by atoms with Gasteiger partial charge in [0.15, 0.2) is 0 Å². The lowest BCUT2D eigenvalue weighted by Crippen LogP contribution is -2.06. The quantitative estimate of drug-likeness (QED) is 0.783. The van der Waals surface area contributed by atoms with E-state index in [2.05, 4.69) is 35.8 Å². The number of hydrogen-bond donors (Lipinski definition) is 0. The van der Waals surface area contributed by atoms with E-state index in [0.717, 1.165) is 16.8 Å². The molecule has 1 atom stereocenters. The Hall–Kier alpha value is -0.540. The highest BCUT2D eigenvalue weighted by Crippen LogP contribution is 2.30. The Labute approximate surface area is 98.7 Å². The molecule has 1 aromatic carbocycles. The average Bonchev–Trinajstić information content (AvgIpc) is 2.99. The van der Waals surface area contributed by atoms with Crippen molar-refractivity contribution >= 4 is 15.9 Å². The first-order chi connectivity index (χ1) is 7.16. The van der Waals surface area contributed by atoms with Crippen LogP contribution in [0.2, 0.25) is 0 Å². The van der Waals surface area contributed by atoms with Crippen LogP contribution in [0.4, 0.5) is 0 Å². The summed E-state index contributed by atoms with van der Waals surface area (Å²) in [6, 6.07) is 6.14. The van der Waals surface area contributed by atoms with E-state index in [1.807, 2.05) is 12.1 Å². The van der Waals surface area contributed by atoms with Crippen molar-refractivity contribution in [2.24, 2.45) is 0 Å². The Morgan fingerprint density at radius 2 is 2.27 bits per heavy atom. The molecule has 82 valence electrons. The maximum Gasteiger partial charge on any atom is 0.122 e. The third-order valence-corrected chi connectivity index (χ3v) is 2.91. The van der Waals surface area contributed by atoms with Crippen LogP contribution in [0.1, 0.15) is 25.3 Å². The van der Waals surface area contributed by atoms with E-state index in [1.165, 1.54) is 5.56 Å². The van der Waals surface area contributed by atoms with Gasteiger partial charge in [0.05, 0.1) is 6.61 Å². The van der Waals surface area contributed by atoms with Crippen molar-refractivity contribution in [3.05, 3.63) is 28.2 Å². The molecule has 0 aromatic heterocycles. The topological polar surface area (TPSA) is 21.8 Å². The largest absolute Gasteiger partial charge is 0.490 e. The van der Waals surface area contributed by atoms with Gasteiger partial charge < -0.3 is 9.47 Å². The molecule has 1 aliphatic heterocycles. The molecule has 0 aliphatic carbocycles. The highest BCUT2D eigenvalue weighted by molar-refractivity contribution is 9.10. The molecule has 0 bridgehead atoms. The fraction of sp³-hybridized carbons (Fsp3) is 0.500. The van der Waals surface area contributed by atoms with Gasteiger partial charge in [-0.3, -0.25) is 0 Å². The second kappa shape index (κ2) is 4.54. The van der Waals surface area contributed by atoms with Crippen LogP contribution < -0.4 is 4.74 Å². The van der Waals surface area contributed by atoms with Crippen LogP contribution in [-0.2, 0) is 4.74 Å². The molecule has 15 heavy (non-hydrogen) atoms. The molecule has 0 saturated carbocycles. The number of rotatable bonds is 4. The summed E-state index contributed by atoms with van der Waals surface area (Å²) in [5.41, 5.74) is 1.24. The SMILES string of the molecule is CC(C)c1cc(Br)ccc1OCC1CO1. The molecule has 0 radical (unpaired) electrons. The zero-order valence-electron chi connectivity index (χ0n) is 9.00. The van der Waals surface area contributed by atoms with Gasteiger partial charge in [0.1, 0.15) is 18.5 Å². The van der Waals surface area contributed by atoms with E-state index >= 15 is 0 Å². The molecule has 1 unspecified atom stereocenters. The molecule has 0 spiro atoms. The Morgan fingerprint density at radius 1 is 1.53 bits per heavy atom. The highest BCUT2D eigenvalue weighted by Gasteiger charge is 2.23. The van der Waals surface area contributed by atoms with Crippen LogP contribution in [0.15, 0.2) is 22.7 Å². The third-order valence-electron chi connectivity index (χ3n) is 2.42. The van der Waals surface area contributed by atoms with Crippen LogP contribution in [0.25, 0.3) is 0 Å². The van der Waals surface area contributed by atoms with Gasteiger partial charge in [-0.1, -0.05) is 29.8 Å². The molecule has 1 heterocycles. The van der Waals surface area contributed by atoms with Gasteiger partial charge in [-0.15, -0.1) is 0 Å². The number of ether oxygens (including phenoxy) is 2. The summed E-state index contributed by atoms with van der Waals surface area (Å²) in [6.45, 7) is 5.85. The van der Waals surface area contributed by atoms with Crippen molar-refractivity contribution in [2.75, 3.05) is 13.2 Å². The van der Waals surface area contributed by atoms with Crippen LogP contribution in [-0.4, -0.2) is 19.3 Å². The summed E-state index contributed by atoms with van der Waals surface area (Å²) in [6.07, 6.45) is 0.314. The first kappa shape index (κ1) is 11.0. The van der Waals surface area contributed by atoms with Crippen molar-refractivity contribution in [2.45, 2.75) is 25.9 Å². The second-order valence-electron chi connectivity index (χ2n) is 4.10. The van der Waals surface area contributed by atoms with E-state index < -0.39 is 0 Å². The van der Waals surface area contributed by atoms with Gasteiger partial charge in [0, 0.05) is 4.47 Å². The van der Waals surface area contributed by atoms with E-state index in [0.29, 0.717) is 18.6 Å². The fourth-order valence-corrected chi connectivity index (χ4v) is 1.83. The summed E-state index contributed by atoms with van der Waals surface area (Å²) in [5, 5.41) is 0. The van der Waals surface area contributed by atoms with Gasteiger partial charge in [0.25, 0.3) is 0 Å². The number of halogens is 1. The minimum Gasteiger partial charge on any atom is -0.490 e. The Morgan fingerprint density at radius 3 is 2.87 bits per heavy atom. The molecule has 1 aromatic rings. The molecular weight excluding hydrogens is 256 g/mol. The lowest BCUT2D eigenvalue weighted by atomic mass is 10.0. The fourth-order valence-electron chi connectivity index (χ4n) is 1.45. The van der Waals surface area contributed by atoms with Gasteiger partial charge >= 0.3 is 0 Å². The lowest BCUT2D eigenvalue weighted by molar-refractivity contribution is 0.260. The molecule has 2 nitrogen and oxygen atoms in total. The molecule has 2 rings (SSSR count). The molecule has 0 amide bonds. The standard InChI is InChI=1S/C12H15BrO2/c1-8(2)11-5-9(13)3-4-12(11)15-7-10-6-14-10/h3-5,8,10H,6-7H2,1-2H3. The average molecular weight is 271 g/mol. The zero-order chi connectivity index (χ0) is 10.8. The van der Waals surface area contributed by atoms with E-state index in [4.69, 9.17) is 9.47 Å². The van der Waals surface area contributed by atoms with Crippen LogP contribution >= 0.6 is 15.9 Å². The first-order valence-corrected chi connectivity index (χ1v) is 6.00. The van der Waals surface area contributed by atoms with E-state index in [1.54, 1.807) is 0 Å². The van der Waals surface area contributed by atoms with Gasteiger partial charge in [-0.25, -0.2) is 0 Å². The molecular formula is C12H15BrO2. The summed E-state index contributed by atoms with van der Waals surface area (Å²) in [4.78, 5) is 0. The number of hydrogen-bond acceptors (Lipinski definition) is 2. The smallest absolute Gasteiger partial charge is 0.122 e. The summed E-state index contributed by atoms with van der Waals surface area (Å²) in [7, 11) is 0. The lowest BCUT2D eigenvalue weighted by Gasteiger charge is -2.13. The highest BCUT2D eigenvalue weighted by atomic mass is 79.9. The van der Waals surface area contributed by atoms with Crippen molar-refractivity contribution < 1.29 is 9.47 Å². The second-order valence-corrected chi connectivity index (χ2v) is 5.02. The van der Waals surface area contributed by atoms with Crippen LogP contribution in [0, 0.1) is 0 Å². The van der Waals surface area contributed by atoms with Crippen LogP contribution in [0.3, 0.4) is 0 Å². The van der Waals surface area contributed by atoms with Crippen molar-refractivity contribution in [3.8, 4) is 5.75 Å². The molecule has 3 heteroatoms. The van der Waals surface area contributed by atoms with Gasteiger partial charge in [0.2, 0.25) is 0 Å². The van der Waals surface area contributed by atoms with Crippen LogP contribution in [0.5, 0.6) is 5.75 Å². The predicted molar refractivity (Wildman–Crippen MR) is 63.5 cm³/mol. The van der Waals surface area contributed by atoms with Crippen molar-refractivity contribution in [1.82, 2.24) is 0 Å². The summed E-state index contributed by atoms with van der Waals surface area (Å²) < 4.78 is 11.9. The Kier molecular flexibility index (Phi) is 3.32. The third kappa shape index (κ3) is 2.95. The van der Waals surface area contributed by atoms with E-state index in [9.17, 15) is 0 Å². The van der Waals surface area contributed by atoms with Crippen molar-refractivity contribution in [3.63, 3.8) is 0 Å². The van der Waals surface area contributed by atoms with Gasteiger partial charge in [-0.2, -0.15) is 0 Å². The Balaban J connectivity index is 2.12. The minimum atomic E-state index is 0.314. The maximum atomic E-state index is 5.73. The normalized spacial score (nSPS) is 19.3.